The number of nitrogens with zero attached hydrogens (tertiary/aromatic N) is 1. The van der Waals surface area contributed by atoms with Crippen molar-refractivity contribution in [1.29, 1.82) is 5.26 Å². The fraction of sp³-hybridized carbons (Fsp3) is 0.787. The molecule has 0 bridgehead atoms. The van der Waals surface area contributed by atoms with Gasteiger partial charge in [-0.15, -0.1) is 0 Å². The lowest BCUT2D eigenvalue weighted by Crippen LogP contribution is -2.66. The Kier molecular flexibility index (Phi) is 11.6. The van der Waals surface area contributed by atoms with Gasteiger partial charge in [0.05, 0.1) is 23.1 Å². The smallest absolute Gasteiger partial charge is 0.315 e. The van der Waals surface area contributed by atoms with Gasteiger partial charge in [0.15, 0.2) is 11.6 Å². The third kappa shape index (κ3) is 7.17. The van der Waals surface area contributed by atoms with E-state index in [4.69, 9.17) is 0 Å². The van der Waals surface area contributed by atoms with Crippen LogP contribution in [0.2, 0.25) is 0 Å². The third-order valence-corrected chi connectivity index (χ3v) is 18.6. The minimum absolute atomic E-state index is 0.00517. The van der Waals surface area contributed by atoms with Gasteiger partial charge in [-0.2, -0.15) is 17.0 Å². The fourth-order valence-corrected chi connectivity index (χ4v) is 15.1. The number of allylic oxidation sites excluding steroid dienone is 4. The van der Waals surface area contributed by atoms with E-state index in [1.165, 1.54) is 0 Å². The molecule has 58 heavy (non-hydrogen) atoms. The number of amides is 4. The maximum absolute atomic E-state index is 14.8. The molecule has 3 saturated carbocycles. The normalized spacial score (nSPS) is 39.2. The van der Waals surface area contributed by atoms with Crippen molar-refractivity contribution >= 4 is 41.2 Å². The van der Waals surface area contributed by atoms with Crippen LogP contribution in [-0.4, -0.2) is 65.6 Å². The van der Waals surface area contributed by atoms with Crippen LogP contribution < -0.4 is 21.3 Å². The first kappa shape index (κ1) is 43.0. The fourth-order valence-electron chi connectivity index (χ4n) is 13.6. The summed E-state index contributed by atoms with van der Waals surface area (Å²) in [5.41, 5.74) is -1.16. The quantitative estimate of drug-likeness (QED) is 0.110. The van der Waals surface area contributed by atoms with Crippen LogP contribution in [0.1, 0.15) is 145 Å². The summed E-state index contributed by atoms with van der Waals surface area (Å²) < 4.78 is 0. The Balaban J connectivity index is 0.921. The number of hydrogen-bond donors (Lipinski definition) is 4. The topological polar surface area (TPSA) is 157 Å². The minimum Gasteiger partial charge on any atom is -0.356 e. The Hall–Kier alpha value is -3.13. The van der Waals surface area contributed by atoms with Crippen molar-refractivity contribution in [2.75, 3.05) is 18.8 Å². The van der Waals surface area contributed by atoms with E-state index < -0.39 is 16.2 Å². The third-order valence-electron chi connectivity index (χ3n) is 17.1. The van der Waals surface area contributed by atoms with Gasteiger partial charge in [0.25, 0.3) is 0 Å². The highest BCUT2D eigenvalue weighted by atomic mass is 32.2. The number of thioether (sulfide) groups is 1. The SMILES string of the molecule is CC1(C)CC[C@]2(C(=O)NCCCCCCNC(=O)CCCCC3SC[C@@H]4NC(=O)N[C@H]34)CC[C@]3(C)C(C(=O)C=C4[C@@]5(C)C=C(C#N)C(=O)C(C)(C)[C@@H]5CC[C@]43C)C2C1. The molecule has 3 unspecified atom stereocenters. The lowest BCUT2D eigenvalue weighted by molar-refractivity contribution is -0.178. The molecule has 10 atom stereocenters. The average Bonchev–Trinajstić information content (AvgIpc) is 3.72. The van der Waals surface area contributed by atoms with E-state index in [9.17, 15) is 29.2 Å². The zero-order valence-electron chi connectivity index (χ0n) is 36.2. The molecule has 10 nitrogen and oxygen atoms in total. The molecule has 0 aromatic heterocycles. The number of unbranched alkanes of at least 4 members (excludes halogenated alkanes) is 4. The standard InChI is InChI=1S/C47H69N5O5S/c1-42(2)18-20-47(40(56)50-23-13-9-8-12-22-49-36(54)15-11-10-14-33-38-31(28-58-33)51-41(57)52-38)21-19-46(7)37(30(47)26-42)32(53)24-35-44(5)25-29(27-48)39(55)43(3,4)34(44)16-17-45(35,46)6/h24-25,30-31,33-34,37-38H,8-23,26,28H2,1-7H3,(H,49,54)(H,50,56)(H2,51,52,57)/t30?,31-,33?,34-,37?,38-,44-,45+,46+,47-/m0/s1. The van der Waals surface area contributed by atoms with Crippen molar-refractivity contribution < 1.29 is 24.0 Å². The van der Waals surface area contributed by atoms with Gasteiger partial charge < -0.3 is 21.3 Å². The first-order chi connectivity index (χ1) is 27.3. The van der Waals surface area contributed by atoms with Crippen molar-refractivity contribution in [2.45, 2.75) is 162 Å². The number of urea groups is 1. The van der Waals surface area contributed by atoms with E-state index in [1.807, 2.05) is 37.8 Å². The number of nitriles is 1. The first-order valence-corrected chi connectivity index (χ1v) is 23.6. The average molecular weight is 816 g/mol. The number of hydrogen-bond acceptors (Lipinski definition) is 7. The van der Waals surface area contributed by atoms with Gasteiger partial charge in [0.2, 0.25) is 11.8 Å². The molecule has 7 rings (SSSR count). The molecule has 4 N–H and O–H groups in total. The molecule has 0 aromatic carbocycles. The molecule has 2 saturated heterocycles. The van der Waals surface area contributed by atoms with E-state index in [0.717, 1.165) is 101 Å². The second-order valence-electron chi connectivity index (χ2n) is 21.3. The Morgan fingerprint density at radius 2 is 1.59 bits per heavy atom. The van der Waals surface area contributed by atoms with Crippen molar-refractivity contribution in [3.05, 3.63) is 23.3 Å². The Morgan fingerprint density at radius 3 is 2.31 bits per heavy atom. The lowest BCUT2D eigenvalue weighted by Gasteiger charge is -2.69. The summed E-state index contributed by atoms with van der Waals surface area (Å²) in [6, 6.07) is 2.60. The number of rotatable bonds is 13. The second-order valence-corrected chi connectivity index (χ2v) is 22.6. The zero-order chi connectivity index (χ0) is 41.9. The highest BCUT2D eigenvalue weighted by Crippen LogP contribution is 2.74. The molecular weight excluding hydrogens is 747 g/mol. The number of carbonyl (C=O) groups excluding carboxylic acids is 5. The van der Waals surface area contributed by atoms with Crippen LogP contribution in [0, 0.1) is 61.6 Å². The summed E-state index contributed by atoms with van der Waals surface area (Å²) in [7, 11) is 0. The van der Waals surface area contributed by atoms with Crippen LogP contribution in [0.5, 0.6) is 0 Å². The number of Topliss-reactive ketones (excluding diaryl/α,β-unsaturated/α-hetero) is 1. The first-order valence-electron chi connectivity index (χ1n) is 22.5. The summed E-state index contributed by atoms with van der Waals surface area (Å²) >= 11 is 1.91. The Morgan fingerprint density at radius 1 is 0.879 bits per heavy atom. The van der Waals surface area contributed by atoms with Gasteiger partial charge in [0, 0.05) is 47.3 Å². The van der Waals surface area contributed by atoms with Crippen LogP contribution in [0.3, 0.4) is 0 Å². The zero-order valence-corrected chi connectivity index (χ0v) is 37.1. The van der Waals surface area contributed by atoms with E-state index in [0.29, 0.717) is 24.8 Å². The van der Waals surface area contributed by atoms with Crippen LogP contribution in [0.25, 0.3) is 0 Å². The molecular formula is C47H69N5O5S. The maximum Gasteiger partial charge on any atom is 0.315 e. The summed E-state index contributed by atoms with van der Waals surface area (Å²) in [4.78, 5) is 66.8. The minimum atomic E-state index is -0.698. The molecule has 5 fully saturated rings. The van der Waals surface area contributed by atoms with Gasteiger partial charge in [-0.25, -0.2) is 4.79 Å². The van der Waals surface area contributed by atoms with Crippen LogP contribution in [0.4, 0.5) is 4.79 Å². The summed E-state index contributed by atoms with van der Waals surface area (Å²) in [6.07, 6.45) is 16.8. The van der Waals surface area contributed by atoms with Crippen molar-refractivity contribution in [3.63, 3.8) is 0 Å². The summed E-state index contributed by atoms with van der Waals surface area (Å²) in [6.45, 7) is 16.7. The highest BCUT2D eigenvalue weighted by Gasteiger charge is 2.70. The number of nitrogens with one attached hydrogen (secondary N) is 4. The van der Waals surface area contributed by atoms with Crippen LogP contribution in [0.15, 0.2) is 23.3 Å². The number of fused-ring (bicyclic) bond motifs is 8. The molecule has 7 aliphatic rings. The van der Waals surface area contributed by atoms with Gasteiger partial charge in [-0.3, -0.25) is 19.2 Å². The molecule has 0 spiro atoms. The van der Waals surface area contributed by atoms with E-state index >= 15 is 0 Å². The van der Waals surface area contributed by atoms with Crippen LogP contribution in [-0.2, 0) is 19.2 Å². The second kappa shape index (κ2) is 15.7. The van der Waals surface area contributed by atoms with Gasteiger partial charge in [0.1, 0.15) is 6.07 Å². The predicted octanol–water partition coefficient (Wildman–Crippen LogP) is 7.72. The molecule has 318 valence electrons. The molecule has 2 aliphatic heterocycles. The van der Waals surface area contributed by atoms with E-state index in [1.54, 1.807) is 0 Å². The summed E-state index contributed by atoms with van der Waals surface area (Å²) in [5.74, 6) is 0.907. The Bertz CT molecular complexity index is 1810. The van der Waals surface area contributed by atoms with E-state index in [-0.39, 0.29) is 81.1 Å². The van der Waals surface area contributed by atoms with Crippen molar-refractivity contribution in [1.82, 2.24) is 21.3 Å². The number of ketones is 2. The van der Waals surface area contributed by atoms with Crippen LogP contribution >= 0.6 is 11.8 Å². The molecule has 11 heteroatoms. The van der Waals surface area contributed by atoms with Crippen molar-refractivity contribution in [2.24, 2.45) is 50.2 Å². The molecule has 0 aromatic rings. The monoisotopic (exact) mass is 816 g/mol. The Labute approximate surface area is 351 Å². The van der Waals surface area contributed by atoms with Gasteiger partial charge in [-0.05, 0) is 105 Å². The molecule has 2 heterocycles. The molecule has 0 radical (unpaired) electrons. The van der Waals surface area contributed by atoms with Crippen molar-refractivity contribution in [3.8, 4) is 6.07 Å². The van der Waals surface area contributed by atoms with E-state index in [2.05, 4.69) is 62.0 Å². The molecule has 4 amide bonds. The summed E-state index contributed by atoms with van der Waals surface area (Å²) in [5, 5.41) is 22.9. The maximum atomic E-state index is 14.8. The largest absolute Gasteiger partial charge is 0.356 e. The highest BCUT2D eigenvalue weighted by molar-refractivity contribution is 8.00. The van der Waals surface area contributed by atoms with Gasteiger partial charge in [-0.1, -0.05) is 79.4 Å². The van der Waals surface area contributed by atoms with Gasteiger partial charge >= 0.3 is 6.03 Å². The predicted molar refractivity (Wildman–Crippen MR) is 227 cm³/mol. The lowest BCUT2D eigenvalue weighted by atomic mass is 9.34. The molecule has 5 aliphatic carbocycles. The number of carbonyl (C=O) groups is 5.